The molecule has 126 valence electrons. The van der Waals surface area contributed by atoms with E-state index in [1.54, 1.807) is 0 Å². The number of hydrogen-bond donors (Lipinski definition) is 2. The van der Waals surface area contributed by atoms with Gasteiger partial charge in [0, 0.05) is 18.5 Å². The van der Waals surface area contributed by atoms with Crippen molar-refractivity contribution in [3.8, 4) is 0 Å². The van der Waals surface area contributed by atoms with Crippen LogP contribution >= 0.6 is 0 Å². The number of amides is 2. The molecule has 2 N–H and O–H groups in total. The standard InChI is InChI=1S/C18H32N2O2/c1-9-15(21)19-12-13(18(6,7)8)14(11-17(3,4)5)20-16(22)10-2/h9-10,13-14H,1-2,11-12H2,3-8H3,(H,19,21)(H,20,22). The molecular formula is C18H32N2O2. The summed E-state index contributed by atoms with van der Waals surface area (Å²) in [4.78, 5) is 23.3. The van der Waals surface area contributed by atoms with Gasteiger partial charge in [0.05, 0.1) is 0 Å². The molecule has 0 saturated carbocycles. The van der Waals surface area contributed by atoms with Crippen molar-refractivity contribution in [1.82, 2.24) is 10.6 Å². The summed E-state index contributed by atoms with van der Waals surface area (Å²) in [5, 5.41) is 5.90. The Morgan fingerprint density at radius 2 is 1.50 bits per heavy atom. The van der Waals surface area contributed by atoms with Gasteiger partial charge in [0.1, 0.15) is 0 Å². The fraction of sp³-hybridized carbons (Fsp3) is 0.667. The third kappa shape index (κ3) is 8.01. The second-order valence-electron chi connectivity index (χ2n) is 8.01. The Labute approximate surface area is 135 Å². The summed E-state index contributed by atoms with van der Waals surface area (Å²) in [7, 11) is 0. The molecular weight excluding hydrogens is 276 g/mol. The van der Waals surface area contributed by atoms with E-state index < -0.39 is 0 Å². The van der Waals surface area contributed by atoms with Crippen LogP contribution in [0.3, 0.4) is 0 Å². The highest BCUT2D eigenvalue weighted by atomic mass is 16.2. The van der Waals surface area contributed by atoms with Gasteiger partial charge in [-0.1, -0.05) is 54.7 Å². The molecule has 0 aliphatic carbocycles. The Hall–Kier alpha value is -1.58. The molecule has 0 aliphatic heterocycles. The molecule has 0 bridgehead atoms. The molecule has 0 heterocycles. The average Bonchev–Trinajstić information content (AvgIpc) is 2.34. The molecule has 2 unspecified atom stereocenters. The van der Waals surface area contributed by atoms with Gasteiger partial charge in [-0.05, 0) is 29.4 Å². The van der Waals surface area contributed by atoms with Crippen molar-refractivity contribution in [2.24, 2.45) is 16.7 Å². The lowest BCUT2D eigenvalue weighted by atomic mass is 9.71. The zero-order chi connectivity index (χ0) is 17.6. The van der Waals surface area contributed by atoms with Crippen molar-refractivity contribution < 1.29 is 9.59 Å². The first kappa shape index (κ1) is 20.4. The van der Waals surface area contributed by atoms with Crippen molar-refractivity contribution in [2.75, 3.05) is 6.54 Å². The van der Waals surface area contributed by atoms with Crippen molar-refractivity contribution in [2.45, 2.75) is 54.0 Å². The molecule has 0 aromatic heterocycles. The highest BCUT2D eigenvalue weighted by Crippen LogP contribution is 2.34. The lowest BCUT2D eigenvalue weighted by Crippen LogP contribution is -2.50. The van der Waals surface area contributed by atoms with Crippen molar-refractivity contribution >= 4 is 11.8 Å². The van der Waals surface area contributed by atoms with Crippen LogP contribution in [0, 0.1) is 16.7 Å². The van der Waals surface area contributed by atoms with Gasteiger partial charge in [0.15, 0.2) is 0 Å². The van der Waals surface area contributed by atoms with Crippen LogP contribution in [-0.2, 0) is 9.59 Å². The van der Waals surface area contributed by atoms with E-state index in [0.29, 0.717) is 6.54 Å². The summed E-state index contributed by atoms with van der Waals surface area (Å²) in [5.41, 5.74) is -0.0100. The molecule has 0 radical (unpaired) electrons. The highest BCUT2D eigenvalue weighted by Gasteiger charge is 2.35. The van der Waals surface area contributed by atoms with E-state index in [-0.39, 0.29) is 34.6 Å². The van der Waals surface area contributed by atoms with E-state index >= 15 is 0 Å². The van der Waals surface area contributed by atoms with E-state index in [1.165, 1.54) is 12.2 Å². The average molecular weight is 308 g/mol. The molecule has 2 amide bonds. The quantitative estimate of drug-likeness (QED) is 0.710. The second kappa shape index (κ2) is 8.16. The number of nitrogens with one attached hydrogen (secondary N) is 2. The lowest BCUT2D eigenvalue weighted by molar-refractivity contribution is -0.118. The number of carbonyl (C=O) groups excluding carboxylic acids is 2. The maximum atomic E-state index is 11.8. The Kier molecular flexibility index (Phi) is 7.57. The third-order valence-corrected chi connectivity index (χ3v) is 3.63. The number of carbonyl (C=O) groups is 2. The summed E-state index contributed by atoms with van der Waals surface area (Å²) in [6, 6.07) is -0.0457. The van der Waals surface area contributed by atoms with Gasteiger partial charge in [-0.2, -0.15) is 0 Å². The summed E-state index contributed by atoms with van der Waals surface area (Å²) in [6.07, 6.45) is 3.37. The molecule has 0 aromatic rings. The van der Waals surface area contributed by atoms with Gasteiger partial charge in [-0.3, -0.25) is 9.59 Å². The van der Waals surface area contributed by atoms with E-state index in [0.717, 1.165) is 6.42 Å². The van der Waals surface area contributed by atoms with Gasteiger partial charge in [0.2, 0.25) is 11.8 Å². The van der Waals surface area contributed by atoms with Gasteiger partial charge in [-0.25, -0.2) is 0 Å². The molecule has 0 aromatic carbocycles. The molecule has 22 heavy (non-hydrogen) atoms. The molecule has 0 spiro atoms. The normalized spacial score (nSPS) is 14.6. The Morgan fingerprint density at radius 3 is 1.86 bits per heavy atom. The summed E-state index contributed by atoms with van der Waals surface area (Å²) < 4.78 is 0. The summed E-state index contributed by atoms with van der Waals surface area (Å²) in [5.74, 6) is -0.281. The second-order valence-corrected chi connectivity index (χ2v) is 8.01. The van der Waals surface area contributed by atoms with E-state index in [9.17, 15) is 9.59 Å². The van der Waals surface area contributed by atoms with Gasteiger partial charge >= 0.3 is 0 Å². The fourth-order valence-corrected chi connectivity index (χ4v) is 2.53. The minimum absolute atomic E-state index is 0.0457. The SMILES string of the molecule is C=CC(=O)NCC(C(CC(C)(C)C)NC(=O)C=C)C(C)(C)C. The van der Waals surface area contributed by atoms with E-state index in [2.05, 4.69) is 65.3 Å². The molecule has 0 fully saturated rings. The molecule has 2 atom stereocenters. The summed E-state index contributed by atoms with van der Waals surface area (Å²) >= 11 is 0. The topological polar surface area (TPSA) is 58.2 Å². The minimum Gasteiger partial charge on any atom is -0.352 e. The van der Waals surface area contributed by atoms with Crippen molar-refractivity contribution in [1.29, 1.82) is 0 Å². The molecule has 0 saturated heterocycles. The molecule has 4 heteroatoms. The first-order chi connectivity index (χ1) is 9.90. The maximum Gasteiger partial charge on any atom is 0.243 e. The van der Waals surface area contributed by atoms with E-state index in [1.807, 2.05) is 0 Å². The number of rotatable bonds is 7. The lowest BCUT2D eigenvalue weighted by Gasteiger charge is -2.40. The van der Waals surface area contributed by atoms with Crippen LogP contribution in [-0.4, -0.2) is 24.4 Å². The van der Waals surface area contributed by atoms with Crippen LogP contribution in [0.1, 0.15) is 48.0 Å². The third-order valence-electron chi connectivity index (χ3n) is 3.63. The minimum atomic E-state index is -0.196. The molecule has 0 aliphatic rings. The zero-order valence-corrected chi connectivity index (χ0v) is 15.0. The van der Waals surface area contributed by atoms with Gasteiger partial charge in [0.25, 0.3) is 0 Å². The smallest absolute Gasteiger partial charge is 0.243 e. The first-order valence-corrected chi connectivity index (χ1v) is 7.74. The van der Waals surface area contributed by atoms with Crippen LogP contribution in [0.15, 0.2) is 25.3 Å². The first-order valence-electron chi connectivity index (χ1n) is 7.74. The van der Waals surface area contributed by atoms with E-state index in [4.69, 9.17) is 0 Å². The van der Waals surface area contributed by atoms with Crippen molar-refractivity contribution in [3.05, 3.63) is 25.3 Å². The fourth-order valence-electron chi connectivity index (χ4n) is 2.53. The Bertz CT molecular complexity index is 414. The van der Waals surface area contributed by atoms with Crippen LogP contribution in [0.4, 0.5) is 0 Å². The predicted octanol–water partition coefficient (Wildman–Crippen LogP) is 3.06. The molecule has 4 nitrogen and oxygen atoms in total. The number of hydrogen-bond acceptors (Lipinski definition) is 2. The maximum absolute atomic E-state index is 11.8. The van der Waals surface area contributed by atoms with Crippen LogP contribution in [0.2, 0.25) is 0 Å². The van der Waals surface area contributed by atoms with Gasteiger partial charge < -0.3 is 10.6 Å². The largest absolute Gasteiger partial charge is 0.352 e. The zero-order valence-electron chi connectivity index (χ0n) is 15.0. The van der Waals surface area contributed by atoms with Crippen LogP contribution < -0.4 is 10.6 Å². The van der Waals surface area contributed by atoms with Crippen molar-refractivity contribution in [3.63, 3.8) is 0 Å². The monoisotopic (exact) mass is 308 g/mol. The van der Waals surface area contributed by atoms with Crippen LogP contribution in [0.5, 0.6) is 0 Å². The Morgan fingerprint density at radius 1 is 1.00 bits per heavy atom. The molecule has 0 rings (SSSR count). The summed E-state index contributed by atoms with van der Waals surface area (Å²) in [6.45, 7) is 20.3. The Balaban J connectivity index is 5.32. The van der Waals surface area contributed by atoms with Gasteiger partial charge in [-0.15, -0.1) is 0 Å². The predicted molar refractivity (Wildman–Crippen MR) is 92.4 cm³/mol. The highest BCUT2D eigenvalue weighted by molar-refractivity contribution is 5.87. The van der Waals surface area contributed by atoms with Crippen LogP contribution in [0.25, 0.3) is 0 Å².